The second-order valence-electron chi connectivity index (χ2n) is 6.78. The molecule has 0 bridgehead atoms. The minimum absolute atomic E-state index is 0.0216. The topological polar surface area (TPSA) is 46.2 Å². The summed E-state index contributed by atoms with van der Waals surface area (Å²) in [6, 6.07) is 9.92. The van der Waals surface area contributed by atoms with E-state index in [0.29, 0.717) is 6.42 Å². The number of piperidine rings is 1. The van der Waals surface area contributed by atoms with E-state index in [1.54, 1.807) is 0 Å². The summed E-state index contributed by atoms with van der Waals surface area (Å²) in [6.45, 7) is 4.43. The van der Waals surface area contributed by atoms with Gasteiger partial charge in [0.25, 0.3) is 0 Å². The number of imide groups is 1. The Morgan fingerprint density at radius 3 is 2.57 bits per heavy atom. The van der Waals surface area contributed by atoms with Gasteiger partial charge in [-0.2, -0.15) is 11.8 Å². The zero-order chi connectivity index (χ0) is 15.1. The SMILES string of the molecule is CC1(C)CCSCC12CC(=O)NC(=O)C2c1ccccc1. The van der Waals surface area contributed by atoms with Gasteiger partial charge in [-0.1, -0.05) is 44.2 Å². The van der Waals surface area contributed by atoms with Crippen molar-refractivity contribution in [3.8, 4) is 0 Å². The number of benzene rings is 1. The van der Waals surface area contributed by atoms with Gasteiger partial charge in [0, 0.05) is 17.6 Å². The maximum atomic E-state index is 12.6. The molecule has 2 heterocycles. The highest BCUT2D eigenvalue weighted by Crippen LogP contribution is 2.59. The number of thioether (sulfide) groups is 1. The third-order valence-corrected chi connectivity index (χ3v) is 6.48. The summed E-state index contributed by atoms with van der Waals surface area (Å²) >= 11 is 1.87. The second kappa shape index (κ2) is 5.16. The van der Waals surface area contributed by atoms with E-state index in [9.17, 15) is 9.59 Å². The molecular formula is C17H21NO2S. The van der Waals surface area contributed by atoms with Crippen LogP contribution in [0.25, 0.3) is 0 Å². The first kappa shape index (κ1) is 14.6. The molecule has 1 aromatic rings. The van der Waals surface area contributed by atoms with E-state index in [1.165, 1.54) is 0 Å². The van der Waals surface area contributed by atoms with Crippen LogP contribution in [0.3, 0.4) is 0 Å². The molecular weight excluding hydrogens is 282 g/mol. The Kier molecular flexibility index (Phi) is 3.60. The molecule has 4 heteroatoms. The lowest BCUT2D eigenvalue weighted by Crippen LogP contribution is -2.59. The van der Waals surface area contributed by atoms with Crippen molar-refractivity contribution in [1.82, 2.24) is 5.32 Å². The average Bonchev–Trinajstić information content (AvgIpc) is 2.42. The summed E-state index contributed by atoms with van der Waals surface area (Å²) in [5.41, 5.74) is 0.723. The zero-order valence-corrected chi connectivity index (χ0v) is 13.3. The lowest BCUT2D eigenvalue weighted by atomic mass is 9.54. The molecule has 0 saturated carbocycles. The third-order valence-electron chi connectivity index (χ3n) is 5.27. The molecule has 1 aromatic carbocycles. The van der Waals surface area contributed by atoms with Crippen molar-refractivity contribution in [2.24, 2.45) is 10.8 Å². The van der Waals surface area contributed by atoms with Gasteiger partial charge in [-0.25, -0.2) is 0 Å². The lowest BCUT2D eigenvalue weighted by Gasteiger charge is -2.55. The van der Waals surface area contributed by atoms with Gasteiger partial charge < -0.3 is 0 Å². The number of carbonyl (C=O) groups excluding carboxylic acids is 2. The van der Waals surface area contributed by atoms with E-state index in [-0.39, 0.29) is 28.6 Å². The predicted molar refractivity (Wildman–Crippen MR) is 85.1 cm³/mol. The molecule has 2 saturated heterocycles. The average molecular weight is 303 g/mol. The van der Waals surface area contributed by atoms with Crippen LogP contribution in [0.2, 0.25) is 0 Å². The monoisotopic (exact) mass is 303 g/mol. The van der Waals surface area contributed by atoms with Crippen LogP contribution in [0.5, 0.6) is 0 Å². The fourth-order valence-corrected chi connectivity index (χ4v) is 5.62. The van der Waals surface area contributed by atoms with E-state index >= 15 is 0 Å². The largest absolute Gasteiger partial charge is 0.296 e. The first-order valence-corrected chi connectivity index (χ1v) is 8.58. The fourth-order valence-electron chi connectivity index (χ4n) is 3.80. The molecule has 112 valence electrons. The van der Waals surface area contributed by atoms with Crippen molar-refractivity contribution in [3.63, 3.8) is 0 Å². The van der Waals surface area contributed by atoms with Crippen molar-refractivity contribution < 1.29 is 9.59 Å². The Morgan fingerprint density at radius 1 is 1.19 bits per heavy atom. The van der Waals surface area contributed by atoms with Gasteiger partial charge in [-0.3, -0.25) is 14.9 Å². The third kappa shape index (κ3) is 2.30. The van der Waals surface area contributed by atoms with Gasteiger partial charge >= 0.3 is 0 Å². The summed E-state index contributed by atoms with van der Waals surface area (Å²) in [7, 11) is 0. The van der Waals surface area contributed by atoms with E-state index in [1.807, 2.05) is 42.1 Å². The summed E-state index contributed by atoms with van der Waals surface area (Å²) in [6.07, 6.45) is 1.49. The van der Waals surface area contributed by atoms with Crippen molar-refractivity contribution in [3.05, 3.63) is 35.9 Å². The smallest absolute Gasteiger partial charge is 0.234 e. The van der Waals surface area contributed by atoms with Crippen molar-refractivity contribution >= 4 is 23.6 Å². The molecule has 2 unspecified atom stereocenters. The molecule has 2 aliphatic rings. The number of carbonyl (C=O) groups is 2. The van der Waals surface area contributed by atoms with Gasteiger partial charge in [-0.15, -0.1) is 0 Å². The van der Waals surface area contributed by atoms with Crippen LogP contribution in [0.15, 0.2) is 30.3 Å². The lowest BCUT2D eigenvalue weighted by molar-refractivity contribution is -0.144. The van der Waals surface area contributed by atoms with Gasteiger partial charge in [-0.05, 0) is 23.2 Å². The summed E-state index contributed by atoms with van der Waals surface area (Å²) < 4.78 is 0. The van der Waals surface area contributed by atoms with Gasteiger partial charge in [0.2, 0.25) is 11.8 Å². The van der Waals surface area contributed by atoms with Gasteiger partial charge in [0.1, 0.15) is 0 Å². The number of hydrogen-bond acceptors (Lipinski definition) is 3. The van der Waals surface area contributed by atoms with Crippen LogP contribution in [-0.4, -0.2) is 23.3 Å². The highest BCUT2D eigenvalue weighted by Gasteiger charge is 2.58. The molecule has 3 nitrogen and oxygen atoms in total. The molecule has 1 spiro atoms. The number of nitrogens with one attached hydrogen (secondary N) is 1. The number of rotatable bonds is 1. The number of amides is 2. The van der Waals surface area contributed by atoms with Crippen molar-refractivity contribution in [2.75, 3.05) is 11.5 Å². The normalized spacial score (nSPS) is 32.0. The predicted octanol–water partition coefficient (Wildman–Crippen LogP) is 2.97. The Hall–Kier alpha value is -1.29. The first-order valence-electron chi connectivity index (χ1n) is 7.43. The zero-order valence-electron chi connectivity index (χ0n) is 12.5. The maximum absolute atomic E-state index is 12.6. The molecule has 1 N–H and O–H groups in total. The summed E-state index contributed by atoms with van der Waals surface area (Å²) in [5.74, 6) is 1.49. The minimum atomic E-state index is -0.281. The van der Waals surface area contributed by atoms with Crippen LogP contribution in [0, 0.1) is 10.8 Å². The van der Waals surface area contributed by atoms with E-state index in [2.05, 4.69) is 19.2 Å². The molecule has 2 fully saturated rings. The Bertz CT molecular complexity index is 569. The standard InChI is InChI=1S/C17H21NO2S/c1-16(2)8-9-21-11-17(16)10-13(19)18-15(20)14(17)12-6-4-3-5-7-12/h3-7,14H,8-11H2,1-2H3,(H,18,19,20). The first-order chi connectivity index (χ1) is 9.96. The fraction of sp³-hybridized carbons (Fsp3) is 0.529. The minimum Gasteiger partial charge on any atom is -0.296 e. The second-order valence-corrected chi connectivity index (χ2v) is 7.88. The van der Waals surface area contributed by atoms with E-state index < -0.39 is 0 Å². The van der Waals surface area contributed by atoms with Crippen LogP contribution in [-0.2, 0) is 9.59 Å². The Balaban J connectivity index is 2.13. The molecule has 2 atom stereocenters. The van der Waals surface area contributed by atoms with Crippen LogP contribution in [0.4, 0.5) is 0 Å². The Labute approximate surface area is 129 Å². The maximum Gasteiger partial charge on any atom is 0.234 e. The summed E-state index contributed by atoms with van der Waals surface area (Å²) in [5, 5.41) is 2.55. The molecule has 0 aromatic heterocycles. The number of hydrogen-bond donors (Lipinski definition) is 1. The summed E-state index contributed by atoms with van der Waals surface area (Å²) in [4.78, 5) is 24.7. The van der Waals surface area contributed by atoms with Gasteiger partial charge in [0.15, 0.2) is 0 Å². The van der Waals surface area contributed by atoms with Gasteiger partial charge in [0.05, 0.1) is 5.92 Å². The van der Waals surface area contributed by atoms with Crippen LogP contribution >= 0.6 is 11.8 Å². The molecule has 3 rings (SSSR count). The molecule has 0 radical (unpaired) electrons. The molecule has 2 aliphatic heterocycles. The van der Waals surface area contributed by atoms with Crippen LogP contribution in [0.1, 0.15) is 38.2 Å². The Morgan fingerprint density at radius 2 is 1.90 bits per heavy atom. The van der Waals surface area contributed by atoms with Crippen molar-refractivity contribution in [2.45, 2.75) is 32.6 Å². The molecule has 21 heavy (non-hydrogen) atoms. The van der Waals surface area contributed by atoms with E-state index in [4.69, 9.17) is 0 Å². The molecule has 0 aliphatic carbocycles. The van der Waals surface area contributed by atoms with Crippen LogP contribution < -0.4 is 5.32 Å². The highest BCUT2D eigenvalue weighted by molar-refractivity contribution is 7.99. The quantitative estimate of drug-likeness (QED) is 0.811. The molecule has 2 amide bonds. The van der Waals surface area contributed by atoms with Crippen molar-refractivity contribution in [1.29, 1.82) is 0 Å². The van der Waals surface area contributed by atoms with E-state index in [0.717, 1.165) is 23.5 Å². The highest BCUT2D eigenvalue weighted by atomic mass is 32.2.